The summed E-state index contributed by atoms with van der Waals surface area (Å²) in [6.45, 7) is 4.35. The van der Waals surface area contributed by atoms with Gasteiger partial charge in [0.2, 0.25) is 0 Å². The van der Waals surface area contributed by atoms with E-state index in [0.29, 0.717) is 5.92 Å². The Morgan fingerprint density at radius 3 is 2.62 bits per heavy atom. The van der Waals surface area contributed by atoms with E-state index in [-0.39, 0.29) is 0 Å². The molecule has 0 aromatic heterocycles. The average Bonchev–Trinajstić information content (AvgIpc) is 2.17. The smallest absolute Gasteiger partial charge is 0.0321 e. The Kier molecular flexibility index (Phi) is 1.94. The van der Waals surface area contributed by atoms with Gasteiger partial charge < -0.3 is 0 Å². The van der Waals surface area contributed by atoms with Crippen molar-refractivity contribution in [2.45, 2.75) is 19.8 Å². The fourth-order valence-corrected chi connectivity index (χ4v) is 1.39. The van der Waals surface area contributed by atoms with Gasteiger partial charge in [-0.3, -0.25) is 0 Å². The lowest BCUT2D eigenvalue weighted by molar-refractivity contribution is 0.869. The molecule has 0 aliphatic rings. The van der Waals surface area contributed by atoms with Gasteiger partial charge in [0.25, 0.3) is 0 Å². The molecule has 0 heteroatoms. The Morgan fingerprint density at radius 2 is 1.85 bits per heavy atom. The Bertz CT molecular complexity index is 413. The number of hydrogen-bond acceptors (Lipinski definition) is 0. The zero-order valence-electron chi connectivity index (χ0n) is 7.96. The predicted molar refractivity (Wildman–Crippen MR) is 55.7 cm³/mol. The first-order valence-electron chi connectivity index (χ1n) is 4.60. The van der Waals surface area contributed by atoms with Gasteiger partial charge in [-0.2, -0.15) is 0 Å². The van der Waals surface area contributed by atoms with Crippen molar-refractivity contribution < 1.29 is 0 Å². The van der Waals surface area contributed by atoms with Crippen LogP contribution >= 0.6 is 0 Å². The molecule has 0 N–H and O–H groups in total. The third-order valence-electron chi connectivity index (χ3n) is 2.24. The molecular formula is C13H12. The summed E-state index contributed by atoms with van der Waals surface area (Å²) in [5.74, 6) is 0.529. The minimum absolute atomic E-state index is 0.529. The highest BCUT2D eigenvalue weighted by Gasteiger charge is 1.98. The normalized spacial score (nSPS) is 10.4. The Balaban J connectivity index is 2.62. The van der Waals surface area contributed by atoms with Crippen LogP contribution in [0.5, 0.6) is 0 Å². The first-order chi connectivity index (χ1) is 6.27. The minimum Gasteiger partial charge on any atom is -0.0658 e. The van der Waals surface area contributed by atoms with Crippen LogP contribution in [0.1, 0.15) is 25.3 Å². The van der Waals surface area contributed by atoms with Crippen molar-refractivity contribution >= 4 is 10.8 Å². The van der Waals surface area contributed by atoms with E-state index in [4.69, 9.17) is 0 Å². The zero-order chi connectivity index (χ0) is 9.26. The Hall–Kier alpha value is -1.48. The minimum atomic E-state index is 0.529. The lowest BCUT2D eigenvalue weighted by Gasteiger charge is -2.01. The summed E-state index contributed by atoms with van der Waals surface area (Å²) in [6, 6.07) is 16.8. The van der Waals surface area contributed by atoms with E-state index >= 15 is 0 Å². The number of hydrogen-bond donors (Lipinski definition) is 0. The van der Waals surface area contributed by atoms with Crippen LogP contribution in [0, 0.1) is 12.1 Å². The molecule has 0 aliphatic carbocycles. The van der Waals surface area contributed by atoms with E-state index < -0.39 is 0 Å². The maximum Gasteiger partial charge on any atom is 0.0321 e. The van der Waals surface area contributed by atoms with E-state index in [1.54, 1.807) is 0 Å². The van der Waals surface area contributed by atoms with Crippen molar-refractivity contribution in [3.63, 3.8) is 0 Å². The molecule has 2 rings (SSSR count). The Morgan fingerprint density at radius 1 is 1.08 bits per heavy atom. The van der Waals surface area contributed by atoms with Gasteiger partial charge in [0.1, 0.15) is 0 Å². The maximum absolute atomic E-state index is 3.19. The van der Waals surface area contributed by atoms with Crippen LogP contribution in [-0.2, 0) is 0 Å². The van der Waals surface area contributed by atoms with Gasteiger partial charge >= 0.3 is 0 Å². The molecule has 2 aromatic carbocycles. The summed E-state index contributed by atoms with van der Waals surface area (Å²) in [6.07, 6.45) is 0. The van der Waals surface area contributed by atoms with Crippen LogP contribution in [0.2, 0.25) is 0 Å². The highest BCUT2D eigenvalue weighted by Crippen LogP contribution is 2.17. The molecule has 0 spiro atoms. The lowest BCUT2D eigenvalue weighted by Crippen LogP contribution is -1.84. The van der Waals surface area contributed by atoms with E-state index in [1.165, 1.54) is 10.9 Å². The van der Waals surface area contributed by atoms with Gasteiger partial charge in [0.15, 0.2) is 0 Å². The molecule has 2 aromatic rings. The van der Waals surface area contributed by atoms with Crippen LogP contribution in [-0.4, -0.2) is 0 Å². The molecule has 0 unspecified atom stereocenters. The third kappa shape index (κ3) is 1.51. The molecule has 0 radical (unpaired) electrons. The van der Waals surface area contributed by atoms with Crippen molar-refractivity contribution in [1.29, 1.82) is 0 Å². The van der Waals surface area contributed by atoms with E-state index in [0.717, 1.165) is 5.39 Å². The Labute approximate surface area is 79.2 Å². The second-order valence-electron chi connectivity index (χ2n) is 3.59. The number of fused-ring (bicyclic) bond motifs is 1. The maximum atomic E-state index is 3.19. The van der Waals surface area contributed by atoms with E-state index in [2.05, 4.69) is 50.2 Å². The average molecular weight is 168 g/mol. The van der Waals surface area contributed by atoms with Gasteiger partial charge in [0, 0.05) is 10.9 Å². The molecule has 0 saturated carbocycles. The molecule has 0 aliphatic heterocycles. The van der Waals surface area contributed by atoms with Gasteiger partial charge in [0.05, 0.1) is 0 Å². The first kappa shape index (κ1) is 8.13. The summed E-state index contributed by atoms with van der Waals surface area (Å²) >= 11 is 0. The molecule has 0 saturated heterocycles. The summed E-state index contributed by atoms with van der Waals surface area (Å²) in [7, 11) is 0. The fraction of sp³-hybridized carbons (Fsp3) is 0.231. The van der Waals surface area contributed by atoms with Crippen molar-refractivity contribution in [1.82, 2.24) is 0 Å². The molecule has 0 nitrogen and oxygen atoms in total. The van der Waals surface area contributed by atoms with Crippen molar-refractivity contribution in [3.8, 4) is 0 Å². The summed E-state index contributed by atoms with van der Waals surface area (Å²) in [4.78, 5) is 0. The highest BCUT2D eigenvalue weighted by molar-refractivity contribution is 5.81. The van der Waals surface area contributed by atoms with Crippen LogP contribution in [0.25, 0.3) is 10.8 Å². The SMILES string of the molecule is CC(C)c1c#cc2ccccc2c1. The molecule has 0 bridgehead atoms. The van der Waals surface area contributed by atoms with Gasteiger partial charge in [-0.1, -0.05) is 44.2 Å². The molecule has 13 heavy (non-hydrogen) atoms. The molecule has 0 atom stereocenters. The summed E-state index contributed by atoms with van der Waals surface area (Å²) < 4.78 is 0. The molecule has 64 valence electrons. The van der Waals surface area contributed by atoms with Gasteiger partial charge in [-0.25, -0.2) is 0 Å². The number of rotatable bonds is 1. The summed E-state index contributed by atoms with van der Waals surface area (Å²) in [5.41, 5.74) is 1.23. The van der Waals surface area contributed by atoms with Crippen LogP contribution in [0.4, 0.5) is 0 Å². The largest absolute Gasteiger partial charge is 0.0658 e. The van der Waals surface area contributed by atoms with Gasteiger partial charge in [-0.05, 0) is 23.4 Å². The second kappa shape index (κ2) is 3.11. The molecule has 0 heterocycles. The zero-order valence-corrected chi connectivity index (χ0v) is 7.96. The first-order valence-corrected chi connectivity index (χ1v) is 4.60. The number of benzene rings is 1. The predicted octanol–water partition coefficient (Wildman–Crippen LogP) is 3.56. The van der Waals surface area contributed by atoms with Crippen LogP contribution in [0.3, 0.4) is 0 Å². The molecule has 0 amide bonds. The molecule has 0 fully saturated rings. The quantitative estimate of drug-likeness (QED) is 0.610. The lowest BCUT2D eigenvalue weighted by atomic mass is 10.0. The third-order valence-corrected chi connectivity index (χ3v) is 2.24. The monoisotopic (exact) mass is 168 g/mol. The van der Waals surface area contributed by atoms with Crippen LogP contribution in [0.15, 0.2) is 30.3 Å². The second-order valence-corrected chi connectivity index (χ2v) is 3.59. The van der Waals surface area contributed by atoms with Crippen molar-refractivity contribution in [2.75, 3.05) is 0 Å². The van der Waals surface area contributed by atoms with Crippen molar-refractivity contribution in [2.24, 2.45) is 0 Å². The topological polar surface area (TPSA) is 0 Å². The van der Waals surface area contributed by atoms with E-state index in [1.807, 2.05) is 6.07 Å². The molecular weight excluding hydrogens is 156 g/mol. The van der Waals surface area contributed by atoms with E-state index in [9.17, 15) is 0 Å². The summed E-state index contributed by atoms with van der Waals surface area (Å²) in [5, 5.41) is 2.40. The van der Waals surface area contributed by atoms with Crippen LogP contribution < -0.4 is 0 Å². The van der Waals surface area contributed by atoms with Gasteiger partial charge in [-0.15, -0.1) is 0 Å². The van der Waals surface area contributed by atoms with Crippen molar-refractivity contribution in [3.05, 3.63) is 48.0 Å². The standard InChI is InChI=1S/C13H12/c1-10(2)12-8-7-11-5-3-4-6-13(11)9-12/h3-6,9-10H,1-2H3. The highest BCUT2D eigenvalue weighted by atomic mass is 14.0. The fourth-order valence-electron chi connectivity index (χ4n) is 1.39.